The van der Waals surface area contributed by atoms with Crippen molar-refractivity contribution in [3.05, 3.63) is 28.8 Å². The topological polar surface area (TPSA) is 41.6 Å². The van der Waals surface area contributed by atoms with Gasteiger partial charge in [-0.1, -0.05) is 18.5 Å². The average Bonchev–Trinajstić information content (AvgIpc) is 2.45. The van der Waals surface area contributed by atoms with Crippen LogP contribution in [0.5, 0.6) is 5.75 Å². The molecule has 1 aliphatic rings. The van der Waals surface area contributed by atoms with Crippen LogP contribution in [0.15, 0.2) is 18.2 Å². The van der Waals surface area contributed by atoms with E-state index in [1.165, 1.54) is 6.42 Å². The highest BCUT2D eigenvalue weighted by Gasteiger charge is 2.20. The van der Waals surface area contributed by atoms with Crippen molar-refractivity contribution in [2.75, 3.05) is 26.2 Å². The number of nitrogens with zero attached hydrogens (tertiary/aromatic N) is 1. The maximum Gasteiger partial charge on any atom is 0.317 e. The maximum atomic E-state index is 12.0. The summed E-state index contributed by atoms with van der Waals surface area (Å²) in [6.45, 7) is 6.81. The van der Waals surface area contributed by atoms with Crippen molar-refractivity contribution in [3.63, 3.8) is 0 Å². The lowest BCUT2D eigenvalue weighted by atomic mass is 10.0. The number of rotatable bonds is 4. The van der Waals surface area contributed by atoms with Gasteiger partial charge in [-0.2, -0.15) is 0 Å². The van der Waals surface area contributed by atoms with Gasteiger partial charge in [0.05, 0.1) is 6.54 Å². The lowest BCUT2D eigenvalue weighted by molar-refractivity contribution is 0.167. The minimum atomic E-state index is 0.0120. The third kappa shape index (κ3) is 4.81. The van der Waals surface area contributed by atoms with Gasteiger partial charge in [-0.3, -0.25) is 0 Å². The lowest BCUT2D eigenvalue weighted by Gasteiger charge is -2.30. The van der Waals surface area contributed by atoms with Gasteiger partial charge in [0.15, 0.2) is 0 Å². The van der Waals surface area contributed by atoms with E-state index in [2.05, 4.69) is 12.2 Å². The Morgan fingerprint density at radius 3 is 3.05 bits per heavy atom. The van der Waals surface area contributed by atoms with E-state index in [0.717, 1.165) is 30.8 Å². The molecule has 2 amide bonds. The van der Waals surface area contributed by atoms with Gasteiger partial charge in [0.1, 0.15) is 12.4 Å². The second-order valence-electron chi connectivity index (χ2n) is 5.68. The molecule has 1 heterocycles. The van der Waals surface area contributed by atoms with Crippen LogP contribution in [-0.4, -0.2) is 37.2 Å². The molecule has 1 atom stereocenters. The number of urea groups is 1. The first kappa shape index (κ1) is 16.0. The van der Waals surface area contributed by atoms with Crippen molar-refractivity contribution < 1.29 is 9.53 Å². The van der Waals surface area contributed by atoms with Crippen LogP contribution < -0.4 is 10.1 Å². The number of benzene rings is 1. The number of halogens is 1. The van der Waals surface area contributed by atoms with E-state index in [0.29, 0.717) is 24.1 Å². The van der Waals surface area contributed by atoms with E-state index in [1.807, 2.05) is 24.0 Å². The predicted octanol–water partition coefficient (Wildman–Crippen LogP) is 3.47. The van der Waals surface area contributed by atoms with Gasteiger partial charge in [-0.25, -0.2) is 4.79 Å². The zero-order valence-corrected chi connectivity index (χ0v) is 13.4. The summed E-state index contributed by atoms with van der Waals surface area (Å²) in [6, 6.07) is 5.53. The summed E-state index contributed by atoms with van der Waals surface area (Å²) in [7, 11) is 0. The minimum Gasteiger partial charge on any atom is -0.491 e. The predicted molar refractivity (Wildman–Crippen MR) is 85.1 cm³/mol. The first-order valence-corrected chi connectivity index (χ1v) is 7.86. The number of carbonyl (C=O) groups is 1. The number of hydrogen-bond acceptors (Lipinski definition) is 2. The first-order valence-electron chi connectivity index (χ1n) is 7.48. The van der Waals surface area contributed by atoms with Crippen molar-refractivity contribution in [1.29, 1.82) is 0 Å². The van der Waals surface area contributed by atoms with Crippen LogP contribution in [0, 0.1) is 12.8 Å². The highest BCUT2D eigenvalue weighted by molar-refractivity contribution is 6.30. The van der Waals surface area contributed by atoms with Crippen molar-refractivity contribution in [3.8, 4) is 5.75 Å². The van der Waals surface area contributed by atoms with Crippen molar-refractivity contribution in [1.82, 2.24) is 10.2 Å². The van der Waals surface area contributed by atoms with Gasteiger partial charge in [0.2, 0.25) is 0 Å². The Morgan fingerprint density at radius 1 is 1.52 bits per heavy atom. The first-order chi connectivity index (χ1) is 10.1. The van der Waals surface area contributed by atoms with Gasteiger partial charge in [0, 0.05) is 18.1 Å². The lowest BCUT2D eigenvalue weighted by Crippen LogP contribution is -2.45. The maximum absolute atomic E-state index is 12.0. The molecule has 4 nitrogen and oxygen atoms in total. The van der Waals surface area contributed by atoms with Crippen LogP contribution >= 0.6 is 11.6 Å². The number of hydrogen-bond donors (Lipinski definition) is 1. The average molecular weight is 311 g/mol. The summed E-state index contributed by atoms with van der Waals surface area (Å²) in [5.74, 6) is 1.40. The molecule has 2 rings (SSSR count). The Labute approximate surface area is 131 Å². The van der Waals surface area contributed by atoms with Crippen LogP contribution in [0.1, 0.15) is 25.3 Å². The fourth-order valence-corrected chi connectivity index (χ4v) is 2.81. The summed E-state index contributed by atoms with van der Waals surface area (Å²) in [5, 5.41) is 3.61. The van der Waals surface area contributed by atoms with Gasteiger partial charge >= 0.3 is 6.03 Å². The number of carbonyl (C=O) groups excluding carboxylic acids is 1. The molecule has 0 spiro atoms. The second kappa shape index (κ2) is 7.55. The molecule has 1 aromatic carbocycles. The summed E-state index contributed by atoms with van der Waals surface area (Å²) in [4.78, 5) is 13.9. The molecule has 21 heavy (non-hydrogen) atoms. The van der Waals surface area contributed by atoms with Crippen LogP contribution in [0.4, 0.5) is 4.79 Å². The van der Waals surface area contributed by atoms with Gasteiger partial charge in [-0.15, -0.1) is 0 Å². The molecule has 1 unspecified atom stereocenters. The molecule has 1 aromatic rings. The Kier molecular flexibility index (Phi) is 5.74. The monoisotopic (exact) mass is 310 g/mol. The number of amides is 2. The normalized spacial score (nSPS) is 18.4. The molecule has 5 heteroatoms. The van der Waals surface area contributed by atoms with E-state index in [1.54, 1.807) is 6.07 Å². The molecule has 1 saturated heterocycles. The highest BCUT2D eigenvalue weighted by atomic mass is 35.5. The van der Waals surface area contributed by atoms with Crippen LogP contribution in [0.3, 0.4) is 0 Å². The highest BCUT2D eigenvalue weighted by Crippen LogP contribution is 2.21. The van der Waals surface area contributed by atoms with Crippen molar-refractivity contribution in [2.24, 2.45) is 5.92 Å². The Bertz CT molecular complexity index is 493. The molecule has 1 N–H and O–H groups in total. The van der Waals surface area contributed by atoms with E-state index < -0.39 is 0 Å². The van der Waals surface area contributed by atoms with E-state index in [9.17, 15) is 4.79 Å². The fraction of sp³-hybridized carbons (Fsp3) is 0.562. The standard InChI is InChI=1S/C16H23ClN2O2/c1-12-4-3-8-19(11-12)16(20)18-7-9-21-15-6-5-14(17)10-13(15)2/h5-6,10,12H,3-4,7-9,11H2,1-2H3,(H,18,20). The third-order valence-electron chi connectivity index (χ3n) is 3.72. The van der Waals surface area contributed by atoms with E-state index in [-0.39, 0.29) is 6.03 Å². The van der Waals surface area contributed by atoms with Gasteiger partial charge in [-0.05, 0) is 49.4 Å². The largest absolute Gasteiger partial charge is 0.491 e. The van der Waals surface area contributed by atoms with Gasteiger partial charge in [0.25, 0.3) is 0 Å². The minimum absolute atomic E-state index is 0.0120. The molecule has 0 radical (unpaired) electrons. The third-order valence-corrected chi connectivity index (χ3v) is 3.95. The molecule has 116 valence electrons. The number of piperidine rings is 1. The van der Waals surface area contributed by atoms with Crippen LogP contribution in [0.2, 0.25) is 5.02 Å². The summed E-state index contributed by atoms with van der Waals surface area (Å²) >= 11 is 5.90. The molecule has 1 fully saturated rings. The zero-order valence-electron chi connectivity index (χ0n) is 12.7. The molecule has 1 aliphatic heterocycles. The molecule has 0 aromatic heterocycles. The van der Waals surface area contributed by atoms with E-state index >= 15 is 0 Å². The fourth-order valence-electron chi connectivity index (χ4n) is 2.58. The number of likely N-dealkylation sites (tertiary alicyclic amines) is 1. The molecular formula is C16H23ClN2O2. The number of nitrogens with one attached hydrogen (secondary N) is 1. The zero-order chi connectivity index (χ0) is 15.2. The molecule has 0 bridgehead atoms. The molecule has 0 aliphatic carbocycles. The van der Waals surface area contributed by atoms with Crippen LogP contribution in [-0.2, 0) is 0 Å². The van der Waals surface area contributed by atoms with Crippen LogP contribution in [0.25, 0.3) is 0 Å². The number of ether oxygens (including phenoxy) is 1. The summed E-state index contributed by atoms with van der Waals surface area (Å²) in [5.41, 5.74) is 0.999. The van der Waals surface area contributed by atoms with Crippen molar-refractivity contribution in [2.45, 2.75) is 26.7 Å². The number of aryl methyl sites for hydroxylation is 1. The van der Waals surface area contributed by atoms with E-state index in [4.69, 9.17) is 16.3 Å². The Morgan fingerprint density at radius 2 is 2.33 bits per heavy atom. The quantitative estimate of drug-likeness (QED) is 0.865. The summed E-state index contributed by atoms with van der Waals surface area (Å²) in [6.07, 6.45) is 2.30. The van der Waals surface area contributed by atoms with Gasteiger partial charge < -0.3 is 15.0 Å². The molecule has 0 saturated carbocycles. The Hall–Kier alpha value is -1.42. The molecular weight excluding hydrogens is 288 g/mol. The second-order valence-corrected chi connectivity index (χ2v) is 6.12. The SMILES string of the molecule is Cc1cc(Cl)ccc1OCCNC(=O)N1CCCC(C)C1. The Balaban J connectivity index is 1.70. The summed E-state index contributed by atoms with van der Waals surface area (Å²) < 4.78 is 5.66. The van der Waals surface area contributed by atoms with Crippen molar-refractivity contribution >= 4 is 17.6 Å². The smallest absolute Gasteiger partial charge is 0.317 e.